The Kier molecular flexibility index (Phi) is 11.6. The number of hydrogen-bond acceptors (Lipinski definition) is 10. The highest BCUT2D eigenvalue weighted by atomic mass is 32.1. The van der Waals surface area contributed by atoms with Crippen molar-refractivity contribution >= 4 is 31.0 Å². The number of rotatable bonds is 11. The monoisotopic (exact) mass is 638 g/mol. The van der Waals surface area contributed by atoms with Gasteiger partial charge in [0, 0.05) is 56.7 Å². The average molecular weight is 639 g/mol. The highest BCUT2D eigenvalue weighted by Gasteiger charge is 2.30. The first kappa shape index (κ1) is 34.4. The van der Waals surface area contributed by atoms with E-state index in [-0.39, 0.29) is 43.1 Å². The molecular weight excluding hydrogens is 592 g/mol. The van der Waals surface area contributed by atoms with E-state index < -0.39 is 6.10 Å². The molecule has 11 nitrogen and oxygen atoms in total. The van der Waals surface area contributed by atoms with Crippen LogP contribution in [0.5, 0.6) is 5.75 Å². The normalized spacial score (nSPS) is 16.4. The first-order valence-electron chi connectivity index (χ1n) is 15.5. The van der Waals surface area contributed by atoms with Gasteiger partial charge in [-0.2, -0.15) is 13.5 Å². The van der Waals surface area contributed by atoms with Crippen LogP contribution in [0.4, 0.5) is 5.82 Å². The molecular formula is C33H46N6O5S. The summed E-state index contributed by atoms with van der Waals surface area (Å²) in [5, 5.41) is 14.2. The molecule has 0 radical (unpaired) electrons. The molecule has 1 saturated heterocycles. The van der Waals surface area contributed by atoms with Crippen LogP contribution in [0.15, 0.2) is 41.4 Å². The number of Topliss-reactive ketones (excluding diaryl/α,β-unsaturated/α-hetero) is 1. The molecule has 0 unspecified atom stereocenters. The molecule has 0 saturated carbocycles. The smallest absolute Gasteiger partial charge is 0.227 e. The third-order valence-corrected chi connectivity index (χ3v) is 8.39. The molecule has 45 heavy (non-hydrogen) atoms. The second-order valence-electron chi connectivity index (χ2n) is 12.9. The number of aryl methyl sites for hydroxylation is 1. The van der Waals surface area contributed by atoms with Crippen molar-refractivity contribution in [3.8, 4) is 5.75 Å². The molecule has 0 aliphatic carbocycles. The number of fused-ring (bicyclic) bond motifs is 1. The lowest BCUT2D eigenvalue weighted by molar-refractivity contribution is -0.140. The van der Waals surface area contributed by atoms with Gasteiger partial charge < -0.3 is 24.5 Å². The predicted octanol–water partition coefficient (Wildman–Crippen LogP) is 4.30. The summed E-state index contributed by atoms with van der Waals surface area (Å²) in [4.78, 5) is 42.2. The predicted molar refractivity (Wildman–Crippen MR) is 176 cm³/mol. The minimum atomic E-state index is -0.617. The van der Waals surface area contributed by atoms with Crippen molar-refractivity contribution in [2.75, 3.05) is 31.5 Å². The van der Waals surface area contributed by atoms with Crippen molar-refractivity contribution in [3.05, 3.63) is 65.3 Å². The second kappa shape index (κ2) is 15.2. The van der Waals surface area contributed by atoms with Crippen molar-refractivity contribution in [2.45, 2.75) is 85.1 Å². The van der Waals surface area contributed by atoms with Crippen LogP contribution >= 0.6 is 13.5 Å². The number of likely N-dealkylation sites (tertiary alicyclic amines) is 1. The van der Waals surface area contributed by atoms with Crippen LogP contribution in [0.25, 0.3) is 0 Å². The first-order valence-corrected chi connectivity index (χ1v) is 15.5. The Hall–Kier alpha value is -3.48. The number of amides is 1. The van der Waals surface area contributed by atoms with Crippen molar-refractivity contribution in [2.24, 2.45) is 5.41 Å². The van der Waals surface area contributed by atoms with E-state index in [0.29, 0.717) is 44.2 Å². The number of aliphatic hydroxyl groups is 1. The first-order chi connectivity index (χ1) is 21.0. The molecule has 4 heterocycles. The van der Waals surface area contributed by atoms with Crippen LogP contribution in [0, 0.1) is 12.3 Å². The lowest BCUT2D eigenvalue weighted by Crippen LogP contribution is -2.46. The zero-order chi connectivity index (χ0) is 31.3. The Morgan fingerprint density at radius 1 is 1.11 bits per heavy atom. The molecule has 12 heteroatoms. The molecule has 2 aliphatic heterocycles. The Bertz CT molecular complexity index is 1450. The molecule has 1 amide bonds. The molecule has 1 aromatic carbocycles. The quantitative estimate of drug-likeness (QED) is 0.293. The number of aliphatic hydroxyl groups excluding tert-OH is 1. The van der Waals surface area contributed by atoms with Crippen molar-refractivity contribution in [1.29, 1.82) is 0 Å². The zero-order valence-electron chi connectivity index (χ0n) is 26.7. The maximum Gasteiger partial charge on any atom is 0.227 e. The molecule has 244 valence electrons. The summed E-state index contributed by atoms with van der Waals surface area (Å²) in [6.45, 7) is 11.5. The number of carbonyl (C=O) groups is 2. The number of nitrogens with zero attached hydrogens (tertiary/aromatic N) is 5. The average Bonchev–Trinajstić information content (AvgIpc) is 3.42. The van der Waals surface area contributed by atoms with Gasteiger partial charge in [-0.05, 0) is 55.9 Å². The number of anilines is 1. The number of hydrogen-bond donors (Lipinski definition) is 2. The van der Waals surface area contributed by atoms with Gasteiger partial charge in [-0.1, -0.05) is 26.8 Å². The molecule has 0 spiro atoms. The number of β-amino-alcohol motifs (C(OH)–C–C–N with tert-alkyl or cyclic N) is 1. The molecule has 2 aliphatic rings. The summed E-state index contributed by atoms with van der Waals surface area (Å²) in [5.74, 6) is 2.19. The van der Waals surface area contributed by atoms with Gasteiger partial charge in [0.2, 0.25) is 5.91 Å². The maximum absolute atomic E-state index is 12.9. The Labute approximate surface area is 272 Å². The van der Waals surface area contributed by atoms with E-state index in [4.69, 9.17) is 9.15 Å². The van der Waals surface area contributed by atoms with Gasteiger partial charge in [0.05, 0.1) is 11.8 Å². The van der Waals surface area contributed by atoms with Gasteiger partial charge in [-0.3, -0.25) is 14.5 Å². The van der Waals surface area contributed by atoms with Gasteiger partial charge in [0.15, 0.2) is 17.9 Å². The summed E-state index contributed by atoms with van der Waals surface area (Å²) in [7, 11) is 0. The van der Waals surface area contributed by atoms with Gasteiger partial charge in [0.1, 0.15) is 30.2 Å². The number of ether oxygens (including phenoxy) is 1. The van der Waals surface area contributed by atoms with Crippen molar-refractivity contribution < 1.29 is 23.8 Å². The van der Waals surface area contributed by atoms with Gasteiger partial charge in [0.25, 0.3) is 0 Å². The minimum Gasteiger partial charge on any atom is -0.486 e. The lowest BCUT2D eigenvalue weighted by atomic mass is 9.93. The highest BCUT2D eigenvalue weighted by Crippen LogP contribution is 2.26. The molecule has 2 N–H and O–H groups in total. The number of oxazole rings is 1. The number of nitrogens with one attached hydrogen (secondary N) is 1. The molecule has 1 fully saturated rings. The van der Waals surface area contributed by atoms with E-state index in [1.807, 2.05) is 38.7 Å². The molecule has 1 atom stereocenters. The third kappa shape index (κ3) is 9.27. The molecule has 5 rings (SSSR count). The minimum absolute atomic E-state index is 0. The van der Waals surface area contributed by atoms with E-state index in [2.05, 4.69) is 37.3 Å². The fraction of sp³-hybridized carbons (Fsp3) is 0.545. The summed E-state index contributed by atoms with van der Waals surface area (Å²) in [6, 6.07) is 7.99. The highest BCUT2D eigenvalue weighted by molar-refractivity contribution is 7.59. The summed E-state index contributed by atoms with van der Waals surface area (Å²) in [6.07, 6.45) is 5.29. The van der Waals surface area contributed by atoms with Gasteiger partial charge >= 0.3 is 0 Å². The summed E-state index contributed by atoms with van der Waals surface area (Å²) < 4.78 is 11.3. The van der Waals surface area contributed by atoms with Crippen molar-refractivity contribution in [1.82, 2.24) is 24.8 Å². The van der Waals surface area contributed by atoms with Crippen molar-refractivity contribution in [3.63, 3.8) is 0 Å². The van der Waals surface area contributed by atoms with Gasteiger partial charge in [-0.15, -0.1) is 0 Å². The number of piperidine rings is 1. The molecule has 3 aromatic rings. The van der Waals surface area contributed by atoms with Crippen LogP contribution in [0.2, 0.25) is 0 Å². The Morgan fingerprint density at radius 3 is 2.60 bits per heavy atom. The lowest BCUT2D eigenvalue weighted by Gasteiger charge is -2.36. The van der Waals surface area contributed by atoms with E-state index >= 15 is 0 Å². The molecule has 2 aromatic heterocycles. The van der Waals surface area contributed by atoms with E-state index in [1.54, 1.807) is 6.07 Å². The topological polar surface area (TPSA) is 134 Å². The largest absolute Gasteiger partial charge is 0.486 e. The third-order valence-electron chi connectivity index (χ3n) is 8.39. The number of carbonyl (C=O) groups excluding carboxylic acids is 2. The molecule has 0 bridgehead atoms. The van der Waals surface area contributed by atoms with Crippen LogP contribution in [0.1, 0.15) is 79.5 Å². The van der Waals surface area contributed by atoms with E-state index in [0.717, 1.165) is 49.6 Å². The zero-order valence-corrected chi connectivity index (χ0v) is 27.7. The van der Waals surface area contributed by atoms with Crippen LogP contribution < -0.4 is 10.1 Å². The van der Waals surface area contributed by atoms with Crippen LogP contribution in [0.3, 0.4) is 0 Å². The Balaban J connectivity index is 0.00000461. The summed E-state index contributed by atoms with van der Waals surface area (Å²) >= 11 is 0. The van der Waals surface area contributed by atoms with Gasteiger partial charge in [-0.25, -0.2) is 15.0 Å². The van der Waals surface area contributed by atoms with E-state index in [9.17, 15) is 14.7 Å². The number of aromatic nitrogens is 3. The van der Waals surface area contributed by atoms with Crippen LogP contribution in [-0.4, -0.2) is 79.9 Å². The second-order valence-corrected chi connectivity index (χ2v) is 12.9. The van der Waals surface area contributed by atoms with Crippen LogP contribution in [-0.2, 0) is 24.4 Å². The summed E-state index contributed by atoms with van der Waals surface area (Å²) in [5.41, 5.74) is 3.26. The maximum atomic E-state index is 12.9. The fourth-order valence-electron chi connectivity index (χ4n) is 5.76. The Morgan fingerprint density at radius 2 is 1.89 bits per heavy atom. The number of ketones is 1. The fourth-order valence-corrected chi connectivity index (χ4v) is 5.76. The standard InChI is InChI=1S/C33H44N6O5.H2S/c1-22-30(44-21-36-22)19-43-27-7-5-24-17-38(12-9-23(24)15-27)18-26(40)6-8-29(41)28-16-31(35-20-34-28)37-25-10-13-39(14-11-25)32(42)33(2,3)4;/h5,7,15-16,20-21,25-26,40H,6,8-14,17-19H2,1-4H3,(H,34,35,37);1H2/t26-;/m0./s1. The SMILES string of the molecule is Cc1ncoc1COc1ccc2c(c1)CCN(C[C@@H](O)CCC(=O)c1cc(NC3CCN(C(=O)C(C)(C)C)CC3)ncn1)C2.S. The van der Waals surface area contributed by atoms with E-state index in [1.165, 1.54) is 23.8 Å². The number of benzene rings is 1.